The number of nitrogens with zero attached hydrogens (tertiary/aromatic N) is 3. The summed E-state index contributed by atoms with van der Waals surface area (Å²) in [5, 5.41) is 0.703. The summed E-state index contributed by atoms with van der Waals surface area (Å²) < 4.78 is 2.12. The lowest BCUT2D eigenvalue weighted by Crippen LogP contribution is -2.07. The molecule has 4 nitrogen and oxygen atoms in total. The zero-order valence-electron chi connectivity index (χ0n) is 11.9. The van der Waals surface area contributed by atoms with E-state index < -0.39 is 0 Å². The Kier molecular flexibility index (Phi) is 3.90. The molecule has 2 heterocycles. The van der Waals surface area contributed by atoms with E-state index in [4.69, 9.17) is 22.3 Å². The average Bonchev–Trinajstić information content (AvgIpc) is 2.82. The largest absolute Gasteiger partial charge is 0.330 e. The number of pyridine rings is 1. The van der Waals surface area contributed by atoms with Crippen molar-refractivity contribution in [1.82, 2.24) is 14.5 Å². The van der Waals surface area contributed by atoms with E-state index >= 15 is 0 Å². The maximum absolute atomic E-state index is 6.10. The summed E-state index contributed by atoms with van der Waals surface area (Å²) in [5.74, 6) is 0.888. The van der Waals surface area contributed by atoms with Crippen molar-refractivity contribution in [1.29, 1.82) is 0 Å². The molecule has 21 heavy (non-hydrogen) atoms. The molecule has 5 heteroatoms. The molecule has 3 rings (SSSR count). The Morgan fingerprint density at radius 1 is 1.29 bits per heavy atom. The minimum absolute atomic E-state index is 0.639. The van der Waals surface area contributed by atoms with Gasteiger partial charge in [-0.1, -0.05) is 23.7 Å². The van der Waals surface area contributed by atoms with Gasteiger partial charge >= 0.3 is 0 Å². The molecule has 0 aliphatic heterocycles. The molecule has 2 aromatic heterocycles. The van der Waals surface area contributed by atoms with Crippen LogP contribution in [0.5, 0.6) is 0 Å². The summed E-state index contributed by atoms with van der Waals surface area (Å²) >= 11 is 6.10. The van der Waals surface area contributed by atoms with Gasteiger partial charge in [-0.25, -0.2) is 9.97 Å². The van der Waals surface area contributed by atoms with E-state index in [0.717, 1.165) is 41.1 Å². The first-order valence-electron chi connectivity index (χ1n) is 6.98. The van der Waals surface area contributed by atoms with E-state index in [-0.39, 0.29) is 0 Å². The van der Waals surface area contributed by atoms with Gasteiger partial charge in [-0.05, 0) is 43.7 Å². The van der Waals surface area contributed by atoms with Gasteiger partial charge in [0.05, 0.1) is 0 Å². The fourth-order valence-corrected chi connectivity index (χ4v) is 2.61. The average molecular weight is 301 g/mol. The summed E-state index contributed by atoms with van der Waals surface area (Å²) in [4.78, 5) is 9.27. The normalized spacial score (nSPS) is 11.2. The first kappa shape index (κ1) is 14.0. The molecule has 0 radical (unpaired) electrons. The lowest BCUT2D eigenvalue weighted by Gasteiger charge is -2.08. The molecule has 2 N–H and O–H groups in total. The van der Waals surface area contributed by atoms with Gasteiger partial charge in [0.1, 0.15) is 11.3 Å². The molecule has 0 aliphatic carbocycles. The molecule has 0 spiro atoms. The van der Waals surface area contributed by atoms with Crippen LogP contribution in [-0.2, 0) is 6.54 Å². The van der Waals surface area contributed by atoms with Crippen LogP contribution in [0, 0.1) is 6.92 Å². The summed E-state index contributed by atoms with van der Waals surface area (Å²) in [6, 6.07) is 9.78. The van der Waals surface area contributed by atoms with E-state index in [1.54, 1.807) is 0 Å². The van der Waals surface area contributed by atoms with Gasteiger partial charge < -0.3 is 10.3 Å². The van der Waals surface area contributed by atoms with E-state index in [9.17, 15) is 0 Å². The predicted octanol–water partition coefficient (Wildman–Crippen LogP) is 3.41. The van der Waals surface area contributed by atoms with Crippen molar-refractivity contribution in [2.45, 2.75) is 19.9 Å². The number of imidazole rings is 1. The fourth-order valence-electron chi connectivity index (χ4n) is 2.42. The summed E-state index contributed by atoms with van der Waals surface area (Å²) in [6.45, 7) is 3.45. The van der Waals surface area contributed by atoms with Crippen LogP contribution in [0.25, 0.3) is 22.6 Å². The third kappa shape index (κ3) is 2.77. The second-order valence-corrected chi connectivity index (χ2v) is 5.53. The van der Waals surface area contributed by atoms with E-state index in [1.165, 1.54) is 0 Å². The molecule has 0 atom stereocenters. The molecule has 0 aliphatic rings. The molecule has 0 amide bonds. The third-order valence-corrected chi connectivity index (χ3v) is 3.63. The highest BCUT2D eigenvalue weighted by molar-refractivity contribution is 6.30. The molecule has 0 saturated heterocycles. The predicted molar refractivity (Wildman–Crippen MR) is 86.4 cm³/mol. The van der Waals surface area contributed by atoms with Gasteiger partial charge in [-0.2, -0.15) is 0 Å². The number of hydrogen-bond acceptors (Lipinski definition) is 3. The van der Waals surface area contributed by atoms with Crippen molar-refractivity contribution in [3.05, 3.63) is 47.1 Å². The SMILES string of the molecule is Cc1cnc2c(c1)nc(-c1cccc(Cl)c1)n2CCCN. The number of aryl methyl sites for hydroxylation is 2. The molecular formula is C16H17ClN4. The molecule has 0 saturated carbocycles. The zero-order valence-corrected chi connectivity index (χ0v) is 12.6. The maximum Gasteiger partial charge on any atom is 0.160 e. The van der Waals surface area contributed by atoms with Gasteiger partial charge in [-0.15, -0.1) is 0 Å². The number of hydrogen-bond donors (Lipinski definition) is 1. The summed E-state index contributed by atoms with van der Waals surface area (Å²) in [6.07, 6.45) is 2.75. The van der Waals surface area contributed by atoms with Crippen LogP contribution in [0.15, 0.2) is 36.5 Å². The van der Waals surface area contributed by atoms with E-state index in [2.05, 4.69) is 15.6 Å². The van der Waals surface area contributed by atoms with Crippen LogP contribution < -0.4 is 5.73 Å². The van der Waals surface area contributed by atoms with E-state index in [0.29, 0.717) is 11.6 Å². The van der Waals surface area contributed by atoms with Gasteiger partial charge in [-0.3, -0.25) is 0 Å². The number of fused-ring (bicyclic) bond motifs is 1. The van der Waals surface area contributed by atoms with Gasteiger partial charge in [0.2, 0.25) is 0 Å². The quantitative estimate of drug-likeness (QED) is 0.803. The second kappa shape index (κ2) is 5.84. The topological polar surface area (TPSA) is 56.7 Å². The Morgan fingerprint density at radius 2 is 2.14 bits per heavy atom. The van der Waals surface area contributed by atoms with Crippen LogP contribution >= 0.6 is 11.6 Å². The van der Waals surface area contributed by atoms with Crippen LogP contribution in [0.2, 0.25) is 5.02 Å². The van der Waals surface area contributed by atoms with Crippen molar-refractivity contribution in [3.63, 3.8) is 0 Å². The highest BCUT2D eigenvalue weighted by Gasteiger charge is 2.13. The minimum atomic E-state index is 0.639. The molecule has 0 fully saturated rings. The number of halogens is 1. The minimum Gasteiger partial charge on any atom is -0.330 e. The fraction of sp³-hybridized carbons (Fsp3) is 0.250. The first-order chi connectivity index (χ1) is 10.2. The second-order valence-electron chi connectivity index (χ2n) is 5.10. The molecule has 3 aromatic rings. The first-order valence-corrected chi connectivity index (χ1v) is 7.36. The molecule has 108 valence electrons. The number of aromatic nitrogens is 3. The molecule has 0 bridgehead atoms. The lowest BCUT2D eigenvalue weighted by atomic mass is 10.2. The monoisotopic (exact) mass is 300 g/mol. The van der Waals surface area contributed by atoms with Gasteiger partial charge in [0.25, 0.3) is 0 Å². The zero-order chi connectivity index (χ0) is 14.8. The standard InChI is InChI=1S/C16H17ClN4/c1-11-8-14-16(19-10-11)21(7-3-6-18)15(20-14)12-4-2-5-13(17)9-12/h2,4-5,8-10H,3,6-7,18H2,1H3. The molecule has 0 unspecified atom stereocenters. The van der Waals surface area contributed by atoms with Crippen LogP contribution in [0.4, 0.5) is 0 Å². The smallest absolute Gasteiger partial charge is 0.160 e. The van der Waals surface area contributed by atoms with Crippen molar-refractivity contribution in [3.8, 4) is 11.4 Å². The number of benzene rings is 1. The van der Waals surface area contributed by atoms with Crippen LogP contribution in [-0.4, -0.2) is 21.1 Å². The Hall–Kier alpha value is -1.91. The lowest BCUT2D eigenvalue weighted by molar-refractivity contribution is 0.667. The number of rotatable bonds is 4. The molecular weight excluding hydrogens is 284 g/mol. The molecule has 1 aromatic carbocycles. The maximum atomic E-state index is 6.10. The Labute approximate surface area is 128 Å². The Morgan fingerprint density at radius 3 is 2.90 bits per heavy atom. The van der Waals surface area contributed by atoms with Crippen LogP contribution in [0.1, 0.15) is 12.0 Å². The van der Waals surface area contributed by atoms with Gasteiger partial charge in [0, 0.05) is 23.3 Å². The Bertz CT molecular complexity index is 779. The van der Waals surface area contributed by atoms with Crippen molar-refractivity contribution in [2.24, 2.45) is 5.73 Å². The highest BCUT2D eigenvalue weighted by atomic mass is 35.5. The van der Waals surface area contributed by atoms with E-state index in [1.807, 2.05) is 37.4 Å². The third-order valence-electron chi connectivity index (χ3n) is 3.39. The van der Waals surface area contributed by atoms with Crippen LogP contribution in [0.3, 0.4) is 0 Å². The summed E-state index contributed by atoms with van der Waals surface area (Å²) in [7, 11) is 0. The van der Waals surface area contributed by atoms with Crippen molar-refractivity contribution in [2.75, 3.05) is 6.54 Å². The van der Waals surface area contributed by atoms with Crippen molar-refractivity contribution < 1.29 is 0 Å². The Balaban J connectivity index is 2.20. The van der Waals surface area contributed by atoms with Gasteiger partial charge in [0.15, 0.2) is 5.65 Å². The number of nitrogens with two attached hydrogens (primary N) is 1. The highest BCUT2D eigenvalue weighted by Crippen LogP contribution is 2.26. The van der Waals surface area contributed by atoms with Crippen molar-refractivity contribution >= 4 is 22.8 Å². The summed E-state index contributed by atoms with van der Waals surface area (Å²) in [5.41, 5.74) is 9.54.